The normalized spacial score (nSPS) is 14.2. The topological polar surface area (TPSA) is 72.5 Å². The molecule has 1 aromatic rings. The van der Waals surface area contributed by atoms with Crippen LogP contribution in [0.4, 0.5) is 0 Å². The highest BCUT2D eigenvalue weighted by Crippen LogP contribution is 2.24. The summed E-state index contributed by atoms with van der Waals surface area (Å²) in [5.74, 6) is -0.448. The SMILES string of the molecule is COC(=O)CC(N)C(O)c1cc(Cl)ccc1C. The van der Waals surface area contributed by atoms with Crippen LogP contribution in [0.1, 0.15) is 23.7 Å². The molecule has 5 heteroatoms. The Morgan fingerprint density at radius 1 is 1.59 bits per heavy atom. The molecule has 94 valence electrons. The van der Waals surface area contributed by atoms with Crippen LogP contribution >= 0.6 is 11.6 Å². The van der Waals surface area contributed by atoms with Gasteiger partial charge in [-0.15, -0.1) is 0 Å². The number of halogens is 1. The Labute approximate surface area is 105 Å². The highest BCUT2D eigenvalue weighted by atomic mass is 35.5. The summed E-state index contributed by atoms with van der Waals surface area (Å²) >= 11 is 5.86. The van der Waals surface area contributed by atoms with Crippen LogP contribution in [-0.4, -0.2) is 24.2 Å². The maximum atomic E-state index is 11.1. The van der Waals surface area contributed by atoms with E-state index in [4.69, 9.17) is 17.3 Å². The summed E-state index contributed by atoms with van der Waals surface area (Å²) in [6, 6.07) is 4.48. The zero-order valence-electron chi connectivity index (χ0n) is 9.81. The average molecular weight is 258 g/mol. The van der Waals surface area contributed by atoms with Crippen LogP contribution in [0.5, 0.6) is 0 Å². The minimum atomic E-state index is -0.937. The molecular weight excluding hydrogens is 242 g/mol. The van der Waals surface area contributed by atoms with Gasteiger partial charge in [0.25, 0.3) is 0 Å². The van der Waals surface area contributed by atoms with E-state index < -0.39 is 18.1 Å². The first-order valence-corrected chi connectivity index (χ1v) is 5.60. The fraction of sp³-hybridized carbons (Fsp3) is 0.417. The number of esters is 1. The van der Waals surface area contributed by atoms with Gasteiger partial charge < -0.3 is 15.6 Å². The van der Waals surface area contributed by atoms with E-state index in [1.54, 1.807) is 18.2 Å². The van der Waals surface area contributed by atoms with Gasteiger partial charge in [-0.25, -0.2) is 0 Å². The van der Waals surface area contributed by atoms with Crippen molar-refractivity contribution in [2.24, 2.45) is 5.73 Å². The Kier molecular flexibility index (Phi) is 4.93. The fourth-order valence-electron chi connectivity index (χ4n) is 1.55. The number of methoxy groups -OCH3 is 1. The Balaban J connectivity index is 2.84. The lowest BCUT2D eigenvalue weighted by molar-refractivity contribution is -0.141. The van der Waals surface area contributed by atoms with E-state index in [9.17, 15) is 9.90 Å². The molecular formula is C12H16ClNO3. The van der Waals surface area contributed by atoms with Gasteiger partial charge >= 0.3 is 5.97 Å². The summed E-state index contributed by atoms with van der Waals surface area (Å²) in [6.07, 6.45) is -0.975. The van der Waals surface area contributed by atoms with Crippen molar-refractivity contribution in [2.45, 2.75) is 25.5 Å². The lowest BCUT2D eigenvalue weighted by atomic mass is 9.96. The third kappa shape index (κ3) is 3.70. The van der Waals surface area contributed by atoms with E-state index in [0.29, 0.717) is 10.6 Å². The molecule has 2 unspecified atom stereocenters. The Morgan fingerprint density at radius 3 is 2.82 bits per heavy atom. The molecule has 3 N–H and O–H groups in total. The average Bonchev–Trinajstić information content (AvgIpc) is 2.31. The van der Waals surface area contributed by atoms with Crippen LogP contribution in [0.15, 0.2) is 18.2 Å². The summed E-state index contributed by atoms with van der Waals surface area (Å²) < 4.78 is 4.50. The molecule has 17 heavy (non-hydrogen) atoms. The first kappa shape index (κ1) is 14.0. The molecule has 2 atom stereocenters. The smallest absolute Gasteiger partial charge is 0.307 e. The summed E-state index contributed by atoms with van der Waals surface area (Å²) in [6.45, 7) is 1.85. The van der Waals surface area contributed by atoms with Gasteiger partial charge in [0.05, 0.1) is 19.6 Å². The van der Waals surface area contributed by atoms with Crippen molar-refractivity contribution in [2.75, 3.05) is 7.11 Å². The molecule has 0 fully saturated rings. The number of hydrogen-bond acceptors (Lipinski definition) is 4. The van der Waals surface area contributed by atoms with Crippen LogP contribution in [-0.2, 0) is 9.53 Å². The van der Waals surface area contributed by atoms with Crippen molar-refractivity contribution in [3.05, 3.63) is 34.3 Å². The molecule has 0 amide bonds. The van der Waals surface area contributed by atoms with Gasteiger partial charge in [0.1, 0.15) is 0 Å². The maximum absolute atomic E-state index is 11.1. The quantitative estimate of drug-likeness (QED) is 0.803. The van der Waals surface area contributed by atoms with Crippen LogP contribution < -0.4 is 5.73 Å². The number of benzene rings is 1. The summed E-state index contributed by atoms with van der Waals surface area (Å²) in [7, 11) is 1.28. The molecule has 0 heterocycles. The van der Waals surface area contributed by atoms with Crippen molar-refractivity contribution >= 4 is 17.6 Å². The fourth-order valence-corrected chi connectivity index (χ4v) is 1.73. The first-order chi connectivity index (χ1) is 7.95. The number of carbonyl (C=O) groups excluding carboxylic acids is 1. The van der Waals surface area contributed by atoms with E-state index in [0.717, 1.165) is 5.56 Å². The standard InChI is InChI=1S/C12H16ClNO3/c1-7-3-4-8(13)5-9(7)12(16)10(14)6-11(15)17-2/h3-5,10,12,16H,6,14H2,1-2H3. The van der Waals surface area contributed by atoms with Crippen molar-refractivity contribution in [1.29, 1.82) is 0 Å². The molecule has 0 aliphatic rings. The van der Waals surface area contributed by atoms with Crippen LogP contribution in [0.3, 0.4) is 0 Å². The Hall–Kier alpha value is -1.10. The predicted octanol–water partition coefficient (Wildman–Crippen LogP) is 1.57. The summed E-state index contributed by atoms with van der Waals surface area (Å²) in [5, 5.41) is 10.6. The van der Waals surface area contributed by atoms with Crippen molar-refractivity contribution < 1.29 is 14.6 Å². The number of carbonyl (C=O) groups is 1. The highest BCUT2D eigenvalue weighted by molar-refractivity contribution is 6.30. The van der Waals surface area contributed by atoms with Crippen LogP contribution in [0.25, 0.3) is 0 Å². The second-order valence-corrected chi connectivity index (χ2v) is 4.33. The van der Waals surface area contributed by atoms with E-state index >= 15 is 0 Å². The second-order valence-electron chi connectivity index (χ2n) is 3.89. The first-order valence-electron chi connectivity index (χ1n) is 5.22. The molecule has 1 aromatic carbocycles. The molecule has 0 spiro atoms. The number of aliphatic hydroxyl groups is 1. The van der Waals surface area contributed by atoms with E-state index in [1.807, 2.05) is 6.92 Å². The minimum absolute atomic E-state index is 0.0381. The Bertz CT molecular complexity index is 409. The molecule has 0 bridgehead atoms. The zero-order valence-corrected chi connectivity index (χ0v) is 10.6. The third-order valence-electron chi connectivity index (χ3n) is 2.60. The number of aliphatic hydroxyl groups excluding tert-OH is 1. The van der Waals surface area contributed by atoms with E-state index in [2.05, 4.69) is 4.74 Å². The van der Waals surface area contributed by atoms with Crippen molar-refractivity contribution in [3.8, 4) is 0 Å². The lowest BCUT2D eigenvalue weighted by Crippen LogP contribution is -2.31. The molecule has 0 saturated carbocycles. The number of nitrogens with two attached hydrogens (primary N) is 1. The zero-order chi connectivity index (χ0) is 13.0. The van der Waals surface area contributed by atoms with Crippen molar-refractivity contribution in [3.63, 3.8) is 0 Å². The largest absolute Gasteiger partial charge is 0.469 e. The third-order valence-corrected chi connectivity index (χ3v) is 2.83. The molecule has 4 nitrogen and oxygen atoms in total. The van der Waals surface area contributed by atoms with Crippen LogP contribution in [0, 0.1) is 6.92 Å². The number of ether oxygens (including phenoxy) is 1. The molecule has 0 aromatic heterocycles. The monoisotopic (exact) mass is 257 g/mol. The van der Waals surface area contributed by atoms with Gasteiger partial charge in [-0.1, -0.05) is 17.7 Å². The lowest BCUT2D eigenvalue weighted by Gasteiger charge is -2.20. The predicted molar refractivity (Wildman–Crippen MR) is 65.8 cm³/mol. The highest BCUT2D eigenvalue weighted by Gasteiger charge is 2.21. The minimum Gasteiger partial charge on any atom is -0.469 e. The van der Waals surface area contributed by atoms with Gasteiger partial charge in [-0.05, 0) is 30.2 Å². The maximum Gasteiger partial charge on any atom is 0.307 e. The Morgan fingerprint density at radius 2 is 2.24 bits per heavy atom. The summed E-state index contributed by atoms with van der Waals surface area (Å²) in [4.78, 5) is 11.1. The van der Waals surface area contributed by atoms with E-state index in [-0.39, 0.29) is 6.42 Å². The molecule has 0 radical (unpaired) electrons. The van der Waals surface area contributed by atoms with Gasteiger partial charge in [0.15, 0.2) is 0 Å². The molecule has 0 aliphatic heterocycles. The number of rotatable bonds is 4. The van der Waals surface area contributed by atoms with Gasteiger partial charge in [-0.2, -0.15) is 0 Å². The van der Waals surface area contributed by atoms with Crippen molar-refractivity contribution in [1.82, 2.24) is 0 Å². The van der Waals surface area contributed by atoms with Gasteiger partial charge in [0.2, 0.25) is 0 Å². The molecule has 0 saturated heterocycles. The summed E-state index contributed by atoms with van der Waals surface area (Å²) in [5.41, 5.74) is 7.26. The molecule has 1 rings (SSSR count). The van der Waals surface area contributed by atoms with Crippen LogP contribution in [0.2, 0.25) is 5.02 Å². The second kappa shape index (κ2) is 6.00. The number of aryl methyl sites for hydroxylation is 1. The van der Waals surface area contributed by atoms with E-state index in [1.165, 1.54) is 7.11 Å². The number of hydrogen-bond donors (Lipinski definition) is 2. The molecule has 0 aliphatic carbocycles. The van der Waals surface area contributed by atoms with Gasteiger partial charge in [0, 0.05) is 11.1 Å². The van der Waals surface area contributed by atoms with Gasteiger partial charge in [-0.3, -0.25) is 4.79 Å².